The van der Waals surface area contributed by atoms with Crippen molar-refractivity contribution in [3.8, 4) is 0 Å². The number of rotatable bonds is 5. The van der Waals surface area contributed by atoms with Gasteiger partial charge in [0.05, 0.1) is 18.3 Å². The normalized spacial score (nSPS) is 26.9. The predicted octanol–water partition coefficient (Wildman–Crippen LogP) is 2.26. The average Bonchev–Trinajstić information content (AvgIpc) is 2.27. The summed E-state index contributed by atoms with van der Waals surface area (Å²) in [7, 11) is 0. The Kier molecular flexibility index (Phi) is 4.53. The fraction of sp³-hybridized carbons (Fsp3) is 0.667. The minimum absolute atomic E-state index is 0.0879. The largest absolute Gasteiger partial charge is 0.502 e. The van der Waals surface area contributed by atoms with Crippen LogP contribution in [0.4, 0.5) is 0 Å². The van der Waals surface area contributed by atoms with Crippen LogP contribution in [0.5, 0.6) is 0 Å². The maximum Gasteiger partial charge on any atom is 0.146 e. The number of ketones is 1. The summed E-state index contributed by atoms with van der Waals surface area (Å²) in [6, 6.07) is 0. The third kappa shape index (κ3) is 2.91. The smallest absolute Gasteiger partial charge is 0.146 e. The van der Waals surface area contributed by atoms with Gasteiger partial charge in [-0.15, -0.1) is 0 Å². The topological polar surface area (TPSA) is 43.4 Å². The van der Waals surface area contributed by atoms with Crippen molar-refractivity contribution in [3.05, 3.63) is 12.3 Å². The van der Waals surface area contributed by atoms with Gasteiger partial charge in [0.2, 0.25) is 0 Å². The summed E-state index contributed by atoms with van der Waals surface area (Å²) < 4.78 is 5.04. The summed E-state index contributed by atoms with van der Waals surface area (Å²) in [5, 5.41) is 0. The first kappa shape index (κ1) is 12.0. The molecule has 1 aliphatic rings. The molecule has 1 rings (SSSR count). The second kappa shape index (κ2) is 5.69. The molecule has 84 valence electrons. The summed E-state index contributed by atoms with van der Waals surface area (Å²) >= 11 is 0. The van der Waals surface area contributed by atoms with E-state index in [1.165, 1.54) is 0 Å². The number of ether oxygens (including phenoxy) is 1. The maximum atomic E-state index is 11.7. The average molecular weight is 210 g/mol. The minimum atomic E-state index is -0.758. The van der Waals surface area contributed by atoms with Gasteiger partial charge < -0.3 is 9.53 Å². The van der Waals surface area contributed by atoms with Gasteiger partial charge in [0, 0.05) is 6.42 Å². The Morgan fingerprint density at radius 2 is 2.27 bits per heavy atom. The Balaban J connectivity index is 2.58. The van der Waals surface area contributed by atoms with Crippen LogP contribution >= 0.6 is 0 Å². The summed E-state index contributed by atoms with van der Waals surface area (Å²) in [5.74, 6) is 0.0879. The molecule has 0 saturated heterocycles. The highest BCUT2D eigenvalue weighted by molar-refractivity contribution is 5.98. The monoisotopic (exact) mass is 210 g/mol. The van der Waals surface area contributed by atoms with Crippen LogP contribution < -0.4 is 0 Å². The van der Waals surface area contributed by atoms with Gasteiger partial charge in [0.15, 0.2) is 0 Å². The fourth-order valence-electron chi connectivity index (χ4n) is 1.93. The molecule has 0 aromatic rings. The predicted molar refractivity (Wildman–Crippen MR) is 57.4 cm³/mol. The van der Waals surface area contributed by atoms with E-state index < -0.39 is 5.41 Å². The summed E-state index contributed by atoms with van der Waals surface area (Å²) in [6.45, 7) is 2.50. The lowest BCUT2D eigenvalue weighted by Crippen LogP contribution is -2.35. The first-order chi connectivity index (χ1) is 7.25. The molecule has 0 aliphatic heterocycles. The Morgan fingerprint density at radius 1 is 1.47 bits per heavy atom. The second-order valence-electron chi connectivity index (χ2n) is 3.94. The molecule has 1 unspecified atom stereocenters. The standard InChI is InChI=1S/C12H18O3/c1-2-15-9-5-8-12(10-13)7-4-3-6-11(12)14/h5,9-10H,2-4,6-8H2,1H3/b9-5+. The summed E-state index contributed by atoms with van der Waals surface area (Å²) in [6.07, 6.45) is 7.78. The molecular weight excluding hydrogens is 192 g/mol. The van der Waals surface area contributed by atoms with E-state index in [1.54, 1.807) is 12.3 Å². The van der Waals surface area contributed by atoms with Crippen LogP contribution in [-0.2, 0) is 14.3 Å². The Morgan fingerprint density at radius 3 is 2.87 bits per heavy atom. The molecule has 0 spiro atoms. The van der Waals surface area contributed by atoms with E-state index in [4.69, 9.17) is 4.74 Å². The van der Waals surface area contributed by atoms with Crippen molar-refractivity contribution in [2.45, 2.75) is 39.0 Å². The van der Waals surface area contributed by atoms with Gasteiger partial charge in [-0.3, -0.25) is 4.79 Å². The van der Waals surface area contributed by atoms with Crippen molar-refractivity contribution in [2.24, 2.45) is 5.41 Å². The molecule has 1 aliphatic carbocycles. The number of hydrogen-bond acceptors (Lipinski definition) is 3. The van der Waals surface area contributed by atoms with Crippen molar-refractivity contribution in [3.63, 3.8) is 0 Å². The van der Waals surface area contributed by atoms with E-state index in [1.807, 2.05) is 6.92 Å². The molecule has 15 heavy (non-hydrogen) atoms. The molecule has 1 atom stereocenters. The first-order valence-corrected chi connectivity index (χ1v) is 5.51. The summed E-state index contributed by atoms with van der Waals surface area (Å²) in [5.41, 5.74) is -0.758. The fourth-order valence-corrected chi connectivity index (χ4v) is 1.93. The Bertz CT molecular complexity index is 258. The molecule has 0 radical (unpaired) electrons. The number of hydrogen-bond donors (Lipinski definition) is 0. The van der Waals surface area contributed by atoms with Gasteiger partial charge in [0.1, 0.15) is 12.1 Å². The third-order valence-corrected chi connectivity index (χ3v) is 2.90. The zero-order valence-corrected chi connectivity index (χ0v) is 9.20. The molecule has 0 bridgehead atoms. The minimum Gasteiger partial charge on any atom is -0.502 e. The van der Waals surface area contributed by atoms with Crippen molar-refractivity contribution in [2.75, 3.05) is 6.61 Å². The maximum absolute atomic E-state index is 11.7. The zero-order chi connectivity index (χ0) is 11.1. The molecular formula is C12H18O3. The third-order valence-electron chi connectivity index (χ3n) is 2.90. The molecule has 0 aromatic heterocycles. The van der Waals surface area contributed by atoms with Gasteiger partial charge in [-0.1, -0.05) is 6.42 Å². The molecule has 0 amide bonds. The lowest BCUT2D eigenvalue weighted by atomic mass is 9.72. The SMILES string of the molecule is CCO/C=C/CC1(C=O)CCCCC1=O. The van der Waals surface area contributed by atoms with Crippen LogP contribution in [0.3, 0.4) is 0 Å². The van der Waals surface area contributed by atoms with E-state index in [2.05, 4.69) is 0 Å². The van der Waals surface area contributed by atoms with E-state index in [9.17, 15) is 9.59 Å². The summed E-state index contributed by atoms with van der Waals surface area (Å²) in [4.78, 5) is 22.8. The molecule has 3 nitrogen and oxygen atoms in total. The number of Topliss-reactive ketones (excluding diaryl/α,β-unsaturated/α-hetero) is 1. The number of allylic oxidation sites excluding steroid dienone is 1. The molecule has 1 saturated carbocycles. The van der Waals surface area contributed by atoms with Crippen molar-refractivity contribution < 1.29 is 14.3 Å². The number of aldehydes is 1. The van der Waals surface area contributed by atoms with Crippen LogP contribution in [0, 0.1) is 5.41 Å². The van der Waals surface area contributed by atoms with E-state index >= 15 is 0 Å². The Labute approximate surface area is 90.5 Å². The second-order valence-corrected chi connectivity index (χ2v) is 3.94. The molecule has 0 heterocycles. The van der Waals surface area contributed by atoms with Gasteiger partial charge in [-0.05, 0) is 32.3 Å². The first-order valence-electron chi connectivity index (χ1n) is 5.51. The molecule has 0 N–H and O–H groups in total. The highest BCUT2D eigenvalue weighted by atomic mass is 16.5. The number of carbonyl (C=O) groups is 2. The van der Waals surface area contributed by atoms with Crippen molar-refractivity contribution in [1.29, 1.82) is 0 Å². The molecule has 0 aromatic carbocycles. The van der Waals surface area contributed by atoms with E-state index in [-0.39, 0.29) is 5.78 Å². The van der Waals surface area contributed by atoms with Crippen LogP contribution in [-0.4, -0.2) is 18.7 Å². The van der Waals surface area contributed by atoms with Crippen molar-refractivity contribution >= 4 is 12.1 Å². The van der Waals surface area contributed by atoms with E-state index in [0.29, 0.717) is 25.9 Å². The van der Waals surface area contributed by atoms with E-state index in [0.717, 1.165) is 19.1 Å². The lowest BCUT2D eigenvalue weighted by Gasteiger charge is -2.29. The lowest BCUT2D eigenvalue weighted by molar-refractivity contribution is -0.136. The van der Waals surface area contributed by atoms with Gasteiger partial charge >= 0.3 is 0 Å². The van der Waals surface area contributed by atoms with Crippen LogP contribution in [0.15, 0.2) is 12.3 Å². The molecule has 1 fully saturated rings. The van der Waals surface area contributed by atoms with Crippen molar-refractivity contribution in [1.82, 2.24) is 0 Å². The van der Waals surface area contributed by atoms with Crippen LogP contribution in [0.2, 0.25) is 0 Å². The highest BCUT2D eigenvalue weighted by Crippen LogP contribution is 2.34. The van der Waals surface area contributed by atoms with Gasteiger partial charge in [0.25, 0.3) is 0 Å². The number of carbonyl (C=O) groups excluding carboxylic acids is 2. The highest BCUT2D eigenvalue weighted by Gasteiger charge is 2.38. The van der Waals surface area contributed by atoms with Crippen LogP contribution in [0.25, 0.3) is 0 Å². The molecule has 3 heteroatoms. The van der Waals surface area contributed by atoms with Gasteiger partial charge in [-0.2, -0.15) is 0 Å². The quantitative estimate of drug-likeness (QED) is 0.397. The van der Waals surface area contributed by atoms with Gasteiger partial charge in [-0.25, -0.2) is 0 Å². The zero-order valence-electron chi connectivity index (χ0n) is 9.20. The Hall–Kier alpha value is -1.12. The van der Waals surface area contributed by atoms with Crippen LogP contribution in [0.1, 0.15) is 39.0 Å².